The molecule has 1 aromatic carbocycles. The summed E-state index contributed by atoms with van der Waals surface area (Å²) in [4.78, 5) is 45.0. The summed E-state index contributed by atoms with van der Waals surface area (Å²) in [6.45, 7) is 9.07. The van der Waals surface area contributed by atoms with Gasteiger partial charge in [0.2, 0.25) is 17.8 Å². The number of aryl methyl sites for hydroxylation is 1. The van der Waals surface area contributed by atoms with Gasteiger partial charge in [0.15, 0.2) is 0 Å². The number of piperidine rings is 1. The van der Waals surface area contributed by atoms with Crippen LogP contribution in [0.15, 0.2) is 42.7 Å². The lowest BCUT2D eigenvalue weighted by atomic mass is 9.99. The molecule has 0 saturated carbocycles. The molecule has 2 saturated heterocycles. The molecule has 37 heavy (non-hydrogen) atoms. The summed E-state index contributed by atoms with van der Waals surface area (Å²) in [5, 5.41) is 3.99. The van der Waals surface area contributed by atoms with Crippen LogP contribution in [-0.4, -0.2) is 70.9 Å². The number of hydrogen-bond donors (Lipinski definition) is 1. The highest BCUT2D eigenvalue weighted by molar-refractivity contribution is 5.96. The number of piperazine rings is 1. The topological polar surface area (TPSA) is 94.6 Å². The SMILES string of the molecule is Cc1cc(N2CCC(C)CC2)nc2ccc(NC(=O)CCC(=O)N3CCN(c4ncccn4)CC3)cc12. The van der Waals surface area contributed by atoms with Gasteiger partial charge in [0.05, 0.1) is 5.52 Å². The van der Waals surface area contributed by atoms with Gasteiger partial charge in [-0.2, -0.15) is 0 Å². The van der Waals surface area contributed by atoms with E-state index in [0.29, 0.717) is 32.1 Å². The minimum absolute atomic E-state index is 0.00183. The number of carbonyl (C=O) groups is 2. The summed E-state index contributed by atoms with van der Waals surface area (Å²) in [6.07, 6.45) is 6.19. The molecule has 2 fully saturated rings. The Bertz CT molecular complexity index is 1250. The first-order chi connectivity index (χ1) is 18.0. The Hall–Kier alpha value is -3.75. The smallest absolute Gasteiger partial charge is 0.225 e. The van der Waals surface area contributed by atoms with Crippen LogP contribution >= 0.6 is 0 Å². The molecule has 9 nitrogen and oxygen atoms in total. The van der Waals surface area contributed by atoms with E-state index in [1.807, 2.05) is 23.1 Å². The second kappa shape index (κ2) is 11.1. The number of amides is 2. The van der Waals surface area contributed by atoms with Crippen molar-refractivity contribution >= 4 is 40.2 Å². The molecule has 2 aliphatic rings. The molecule has 0 aliphatic carbocycles. The average molecular weight is 502 g/mol. The Morgan fingerprint density at radius 1 is 0.946 bits per heavy atom. The number of hydrogen-bond acceptors (Lipinski definition) is 7. The molecule has 2 aromatic heterocycles. The van der Waals surface area contributed by atoms with Crippen molar-refractivity contribution in [1.82, 2.24) is 19.9 Å². The second-order valence-corrected chi connectivity index (χ2v) is 10.2. The van der Waals surface area contributed by atoms with Crippen LogP contribution in [0.5, 0.6) is 0 Å². The molecule has 0 bridgehead atoms. The molecule has 3 aromatic rings. The molecule has 4 heterocycles. The third-order valence-electron chi connectivity index (χ3n) is 7.43. The van der Waals surface area contributed by atoms with Gasteiger partial charge in [0, 0.05) is 75.6 Å². The van der Waals surface area contributed by atoms with E-state index in [1.54, 1.807) is 18.5 Å². The number of anilines is 3. The van der Waals surface area contributed by atoms with Gasteiger partial charge in [-0.25, -0.2) is 15.0 Å². The second-order valence-electron chi connectivity index (χ2n) is 10.2. The molecule has 2 amide bonds. The van der Waals surface area contributed by atoms with Crippen LogP contribution in [0.2, 0.25) is 0 Å². The zero-order valence-corrected chi connectivity index (χ0v) is 21.7. The molecule has 0 atom stereocenters. The van der Waals surface area contributed by atoms with E-state index in [4.69, 9.17) is 4.98 Å². The summed E-state index contributed by atoms with van der Waals surface area (Å²) in [6, 6.07) is 9.77. The van der Waals surface area contributed by atoms with Crippen LogP contribution in [-0.2, 0) is 9.59 Å². The summed E-state index contributed by atoms with van der Waals surface area (Å²) < 4.78 is 0. The Balaban J connectivity index is 1.13. The number of fused-ring (bicyclic) bond motifs is 1. The quantitative estimate of drug-likeness (QED) is 0.551. The highest BCUT2D eigenvalue weighted by atomic mass is 16.2. The average Bonchev–Trinajstić information content (AvgIpc) is 2.93. The Kier molecular flexibility index (Phi) is 7.48. The molecule has 9 heteroatoms. The largest absolute Gasteiger partial charge is 0.357 e. The van der Waals surface area contributed by atoms with E-state index in [-0.39, 0.29) is 24.7 Å². The van der Waals surface area contributed by atoms with Gasteiger partial charge in [-0.15, -0.1) is 0 Å². The summed E-state index contributed by atoms with van der Waals surface area (Å²) in [5.41, 5.74) is 2.80. The van der Waals surface area contributed by atoms with Crippen LogP contribution in [0, 0.1) is 12.8 Å². The molecule has 0 unspecified atom stereocenters. The van der Waals surface area contributed by atoms with E-state index >= 15 is 0 Å². The normalized spacial score (nSPS) is 16.8. The van der Waals surface area contributed by atoms with Gasteiger partial charge < -0.3 is 20.0 Å². The van der Waals surface area contributed by atoms with Crippen molar-refractivity contribution < 1.29 is 9.59 Å². The predicted molar refractivity (Wildman–Crippen MR) is 146 cm³/mol. The fourth-order valence-corrected chi connectivity index (χ4v) is 5.07. The molecule has 1 N–H and O–H groups in total. The maximum atomic E-state index is 12.7. The summed E-state index contributed by atoms with van der Waals surface area (Å²) >= 11 is 0. The predicted octanol–water partition coefficient (Wildman–Crippen LogP) is 3.64. The zero-order valence-electron chi connectivity index (χ0n) is 21.7. The van der Waals surface area contributed by atoms with Crippen molar-refractivity contribution in [2.75, 3.05) is 54.4 Å². The van der Waals surface area contributed by atoms with Gasteiger partial charge in [-0.1, -0.05) is 6.92 Å². The van der Waals surface area contributed by atoms with Crippen molar-refractivity contribution in [1.29, 1.82) is 0 Å². The lowest BCUT2D eigenvalue weighted by Gasteiger charge is -2.34. The molecule has 0 spiro atoms. The maximum absolute atomic E-state index is 12.7. The Morgan fingerprint density at radius 2 is 1.68 bits per heavy atom. The number of carbonyl (C=O) groups excluding carboxylic acids is 2. The van der Waals surface area contributed by atoms with E-state index in [0.717, 1.165) is 47.0 Å². The van der Waals surface area contributed by atoms with Crippen molar-refractivity contribution in [2.45, 2.75) is 39.5 Å². The third-order valence-corrected chi connectivity index (χ3v) is 7.43. The third kappa shape index (κ3) is 5.98. The Morgan fingerprint density at radius 3 is 2.41 bits per heavy atom. The van der Waals surface area contributed by atoms with Gasteiger partial charge in [-0.05, 0) is 61.6 Å². The number of rotatable bonds is 6. The number of nitrogens with zero attached hydrogens (tertiary/aromatic N) is 6. The van der Waals surface area contributed by atoms with Crippen LogP contribution < -0.4 is 15.1 Å². The van der Waals surface area contributed by atoms with Crippen molar-refractivity contribution in [3.8, 4) is 0 Å². The van der Waals surface area contributed by atoms with Crippen molar-refractivity contribution in [3.63, 3.8) is 0 Å². The van der Waals surface area contributed by atoms with E-state index in [1.165, 1.54) is 12.8 Å². The molecule has 2 aliphatic heterocycles. The molecule has 5 rings (SSSR count). The van der Waals surface area contributed by atoms with Gasteiger partial charge in [-0.3, -0.25) is 9.59 Å². The minimum Gasteiger partial charge on any atom is -0.357 e. The lowest BCUT2D eigenvalue weighted by molar-refractivity contribution is -0.133. The lowest BCUT2D eigenvalue weighted by Crippen LogP contribution is -2.49. The van der Waals surface area contributed by atoms with Crippen LogP contribution in [0.1, 0.15) is 38.2 Å². The van der Waals surface area contributed by atoms with Crippen molar-refractivity contribution in [2.24, 2.45) is 5.92 Å². The molecule has 194 valence electrons. The first-order valence-electron chi connectivity index (χ1n) is 13.2. The monoisotopic (exact) mass is 501 g/mol. The molecule has 0 radical (unpaired) electrons. The molecular weight excluding hydrogens is 466 g/mol. The van der Waals surface area contributed by atoms with E-state index in [2.05, 4.69) is 45.0 Å². The maximum Gasteiger partial charge on any atom is 0.225 e. The zero-order chi connectivity index (χ0) is 25.8. The van der Waals surface area contributed by atoms with Gasteiger partial charge in [0.1, 0.15) is 5.82 Å². The summed E-state index contributed by atoms with van der Waals surface area (Å²) in [7, 11) is 0. The molecular formula is C28H35N7O2. The highest BCUT2D eigenvalue weighted by Crippen LogP contribution is 2.28. The first-order valence-corrected chi connectivity index (χ1v) is 13.2. The van der Waals surface area contributed by atoms with Crippen LogP contribution in [0.25, 0.3) is 10.9 Å². The van der Waals surface area contributed by atoms with Crippen LogP contribution in [0.3, 0.4) is 0 Å². The summed E-state index contributed by atoms with van der Waals surface area (Å²) in [5.74, 6) is 2.34. The number of nitrogens with one attached hydrogen (secondary N) is 1. The standard InChI is InChI=1S/C28H35N7O2/c1-20-8-12-33(13-9-20)25-18-21(2)23-19-22(4-5-24(23)32-25)31-26(36)6-7-27(37)34-14-16-35(17-15-34)28-29-10-3-11-30-28/h3-5,10-11,18-20H,6-9,12-17H2,1-2H3,(H,31,36). The fourth-order valence-electron chi connectivity index (χ4n) is 5.07. The van der Waals surface area contributed by atoms with Crippen molar-refractivity contribution in [3.05, 3.63) is 48.3 Å². The first kappa shape index (κ1) is 24.9. The number of pyridine rings is 1. The van der Waals surface area contributed by atoms with E-state index in [9.17, 15) is 9.59 Å². The van der Waals surface area contributed by atoms with E-state index < -0.39 is 0 Å². The number of benzene rings is 1. The van der Waals surface area contributed by atoms with Gasteiger partial charge >= 0.3 is 0 Å². The Labute approximate surface area is 217 Å². The fraction of sp³-hybridized carbons (Fsp3) is 0.464. The number of aromatic nitrogens is 3. The van der Waals surface area contributed by atoms with Crippen LogP contribution in [0.4, 0.5) is 17.5 Å². The highest BCUT2D eigenvalue weighted by Gasteiger charge is 2.23. The van der Waals surface area contributed by atoms with Gasteiger partial charge in [0.25, 0.3) is 0 Å². The minimum atomic E-state index is -0.159.